The molecule has 1 saturated heterocycles. The van der Waals surface area contributed by atoms with E-state index in [1.54, 1.807) is 0 Å². The second kappa shape index (κ2) is 5.38. The Balaban J connectivity index is 1.89. The maximum Gasteiger partial charge on any atom is 0.225 e. The SMILES string of the molecule is CC1(O)CCN(C(=O)C2CCCCCCC2)C1. The van der Waals surface area contributed by atoms with Crippen LogP contribution >= 0.6 is 0 Å². The first-order valence-corrected chi connectivity index (χ1v) is 7.10. The van der Waals surface area contributed by atoms with Crippen LogP contribution in [0.5, 0.6) is 0 Å². The summed E-state index contributed by atoms with van der Waals surface area (Å²) in [5.41, 5.74) is -0.655. The molecule has 1 amide bonds. The number of nitrogens with zero attached hydrogens (tertiary/aromatic N) is 1. The molecular weight excluding hydrogens is 214 g/mol. The molecule has 0 bridgehead atoms. The number of rotatable bonds is 1. The summed E-state index contributed by atoms with van der Waals surface area (Å²) >= 11 is 0. The van der Waals surface area contributed by atoms with Crippen molar-refractivity contribution in [2.45, 2.75) is 63.9 Å². The molecule has 1 N–H and O–H groups in total. The standard InChI is InChI=1S/C14H25NO2/c1-14(17)9-10-15(11-14)13(16)12-7-5-3-2-4-6-8-12/h12,17H,2-11H2,1H3. The second-order valence-electron chi connectivity index (χ2n) is 6.05. The maximum absolute atomic E-state index is 12.4. The topological polar surface area (TPSA) is 40.5 Å². The van der Waals surface area contributed by atoms with Crippen molar-refractivity contribution >= 4 is 5.91 Å². The highest BCUT2D eigenvalue weighted by Gasteiger charge is 2.36. The third-order valence-corrected chi connectivity index (χ3v) is 4.22. The maximum atomic E-state index is 12.4. The minimum atomic E-state index is -0.655. The lowest BCUT2D eigenvalue weighted by atomic mass is 9.90. The van der Waals surface area contributed by atoms with E-state index in [-0.39, 0.29) is 5.92 Å². The zero-order valence-corrected chi connectivity index (χ0v) is 11.0. The van der Waals surface area contributed by atoms with Gasteiger partial charge in [0.1, 0.15) is 0 Å². The van der Waals surface area contributed by atoms with Gasteiger partial charge >= 0.3 is 0 Å². The zero-order valence-electron chi connectivity index (χ0n) is 11.0. The van der Waals surface area contributed by atoms with E-state index in [2.05, 4.69) is 0 Å². The molecule has 1 saturated carbocycles. The average Bonchev–Trinajstić information content (AvgIpc) is 2.57. The van der Waals surface area contributed by atoms with E-state index in [1.165, 1.54) is 32.1 Å². The minimum Gasteiger partial charge on any atom is -0.388 e. The number of likely N-dealkylation sites (tertiary alicyclic amines) is 1. The highest BCUT2D eigenvalue weighted by Crippen LogP contribution is 2.27. The summed E-state index contributed by atoms with van der Waals surface area (Å²) in [6.45, 7) is 3.10. The van der Waals surface area contributed by atoms with Crippen molar-refractivity contribution in [1.82, 2.24) is 4.90 Å². The van der Waals surface area contributed by atoms with Gasteiger partial charge in [-0.3, -0.25) is 4.79 Å². The summed E-state index contributed by atoms with van der Waals surface area (Å²) in [5.74, 6) is 0.522. The lowest BCUT2D eigenvalue weighted by molar-refractivity contribution is -0.136. The Hall–Kier alpha value is -0.570. The Kier molecular flexibility index (Phi) is 4.08. The third-order valence-electron chi connectivity index (χ3n) is 4.22. The third kappa shape index (κ3) is 3.44. The van der Waals surface area contributed by atoms with Crippen LogP contribution in [0.1, 0.15) is 58.3 Å². The number of carbonyl (C=O) groups excluding carboxylic acids is 1. The van der Waals surface area contributed by atoms with Crippen LogP contribution in [0.2, 0.25) is 0 Å². The fourth-order valence-corrected chi connectivity index (χ4v) is 3.09. The fraction of sp³-hybridized carbons (Fsp3) is 0.929. The van der Waals surface area contributed by atoms with E-state index >= 15 is 0 Å². The highest BCUT2D eigenvalue weighted by molar-refractivity contribution is 5.79. The Morgan fingerprint density at radius 2 is 1.76 bits per heavy atom. The number of hydrogen-bond acceptors (Lipinski definition) is 2. The van der Waals surface area contributed by atoms with Gasteiger partial charge in [0.2, 0.25) is 5.91 Å². The quantitative estimate of drug-likeness (QED) is 0.763. The Morgan fingerprint density at radius 1 is 1.18 bits per heavy atom. The van der Waals surface area contributed by atoms with Crippen LogP contribution in [0.3, 0.4) is 0 Å². The van der Waals surface area contributed by atoms with E-state index < -0.39 is 5.60 Å². The molecule has 0 spiro atoms. The zero-order chi connectivity index (χ0) is 12.3. The molecule has 0 radical (unpaired) electrons. The minimum absolute atomic E-state index is 0.226. The van der Waals surface area contributed by atoms with Crippen molar-refractivity contribution < 1.29 is 9.90 Å². The predicted molar refractivity (Wildman–Crippen MR) is 67.6 cm³/mol. The number of hydrogen-bond donors (Lipinski definition) is 1. The van der Waals surface area contributed by atoms with Crippen LogP contribution in [-0.4, -0.2) is 34.6 Å². The van der Waals surface area contributed by atoms with Gasteiger partial charge in [0.15, 0.2) is 0 Å². The normalized spacial score (nSPS) is 32.2. The van der Waals surface area contributed by atoms with E-state index in [1.807, 2.05) is 11.8 Å². The molecule has 0 aromatic rings. The molecule has 0 aromatic heterocycles. The first kappa shape index (κ1) is 12.9. The Bertz CT molecular complexity index is 267. The molecule has 3 heteroatoms. The van der Waals surface area contributed by atoms with Gasteiger partial charge in [-0.25, -0.2) is 0 Å². The van der Waals surface area contributed by atoms with Crippen molar-refractivity contribution in [3.05, 3.63) is 0 Å². The molecule has 17 heavy (non-hydrogen) atoms. The molecule has 1 heterocycles. The second-order valence-corrected chi connectivity index (χ2v) is 6.05. The van der Waals surface area contributed by atoms with Crippen LogP contribution < -0.4 is 0 Å². The number of carbonyl (C=O) groups is 1. The number of aliphatic hydroxyl groups is 1. The molecule has 2 fully saturated rings. The van der Waals surface area contributed by atoms with Gasteiger partial charge in [0.25, 0.3) is 0 Å². The summed E-state index contributed by atoms with van der Waals surface area (Å²) in [5, 5.41) is 9.92. The fourth-order valence-electron chi connectivity index (χ4n) is 3.09. The first-order chi connectivity index (χ1) is 8.08. The van der Waals surface area contributed by atoms with E-state index in [0.717, 1.165) is 25.8 Å². The summed E-state index contributed by atoms with van der Waals surface area (Å²) < 4.78 is 0. The molecule has 1 unspecified atom stereocenters. The average molecular weight is 239 g/mol. The molecule has 98 valence electrons. The van der Waals surface area contributed by atoms with Crippen molar-refractivity contribution in [2.24, 2.45) is 5.92 Å². The predicted octanol–water partition coefficient (Wildman–Crippen LogP) is 2.33. The highest BCUT2D eigenvalue weighted by atomic mass is 16.3. The smallest absolute Gasteiger partial charge is 0.225 e. The van der Waals surface area contributed by atoms with Crippen molar-refractivity contribution in [2.75, 3.05) is 13.1 Å². The summed E-state index contributed by atoms with van der Waals surface area (Å²) in [6.07, 6.45) is 9.12. The Labute approximate surface area is 104 Å². The van der Waals surface area contributed by atoms with Crippen molar-refractivity contribution in [3.8, 4) is 0 Å². The molecular formula is C14H25NO2. The first-order valence-electron chi connectivity index (χ1n) is 7.10. The molecule has 1 atom stereocenters. The van der Waals surface area contributed by atoms with E-state index in [0.29, 0.717) is 12.5 Å². The van der Waals surface area contributed by atoms with Crippen LogP contribution in [0.4, 0.5) is 0 Å². The van der Waals surface area contributed by atoms with Gasteiger partial charge in [-0.15, -0.1) is 0 Å². The molecule has 3 nitrogen and oxygen atoms in total. The van der Waals surface area contributed by atoms with Crippen LogP contribution in [0.15, 0.2) is 0 Å². The lowest BCUT2D eigenvalue weighted by Crippen LogP contribution is -2.37. The molecule has 1 aliphatic heterocycles. The lowest BCUT2D eigenvalue weighted by Gasteiger charge is -2.25. The van der Waals surface area contributed by atoms with Crippen molar-refractivity contribution in [1.29, 1.82) is 0 Å². The summed E-state index contributed by atoms with van der Waals surface area (Å²) in [4.78, 5) is 14.2. The Morgan fingerprint density at radius 3 is 2.29 bits per heavy atom. The van der Waals surface area contributed by atoms with Crippen LogP contribution in [0.25, 0.3) is 0 Å². The van der Waals surface area contributed by atoms with E-state index in [9.17, 15) is 9.90 Å². The van der Waals surface area contributed by atoms with Crippen LogP contribution in [-0.2, 0) is 4.79 Å². The van der Waals surface area contributed by atoms with Gasteiger partial charge in [-0.05, 0) is 26.2 Å². The van der Waals surface area contributed by atoms with Crippen LogP contribution in [0, 0.1) is 5.92 Å². The molecule has 2 aliphatic rings. The molecule has 2 rings (SSSR count). The van der Waals surface area contributed by atoms with Crippen molar-refractivity contribution in [3.63, 3.8) is 0 Å². The van der Waals surface area contributed by atoms with Gasteiger partial charge in [-0.1, -0.05) is 32.1 Å². The largest absolute Gasteiger partial charge is 0.388 e. The van der Waals surface area contributed by atoms with Gasteiger partial charge in [0, 0.05) is 19.0 Å². The van der Waals surface area contributed by atoms with Gasteiger partial charge < -0.3 is 10.0 Å². The number of β-amino-alcohol motifs (C(OH)–C–C–N with tert-alkyl or cyclic N) is 1. The van der Waals surface area contributed by atoms with E-state index in [4.69, 9.17) is 0 Å². The summed E-state index contributed by atoms with van der Waals surface area (Å²) in [6, 6.07) is 0. The summed E-state index contributed by atoms with van der Waals surface area (Å²) in [7, 11) is 0. The molecule has 0 aromatic carbocycles. The monoisotopic (exact) mass is 239 g/mol. The number of amides is 1. The van der Waals surface area contributed by atoms with Gasteiger partial charge in [-0.2, -0.15) is 0 Å². The molecule has 1 aliphatic carbocycles. The van der Waals surface area contributed by atoms with Gasteiger partial charge in [0.05, 0.1) is 5.60 Å².